The highest BCUT2D eigenvalue weighted by Crippen LogP contribution is 2.30. The van der Waals surface area contributed by atoms with Crippen LogP contribution in [0.3, 0.4) is 0 Å². The van der Waals surface area contributed by atoms with Crippen LogP contribution in [0.2, 0.25) is 5.02 Å². The van der Waals surface area contributed by atoms with Gasteiger partial charge >= 0.3 is 0 Å². The van der Waals surface area contributed by atoms with Crippen LogP contribution in [-0.4, -0.2) is 25.2 Å². The van der Waals surface area contributed by atoms with E-state index >= 15 is 0 Å². The molecule has 0 aliphatic heterocycles. The van der Waals surface area contributed by atoms with Crippen molar-refractivity contribution in [3.8, 4) is 23.3 Å². The van der Waals surface area contributed by atoms with Gasteiger partial charge in [0.2, 0.25) is 0 Å². The summed E-state index contributed by atoms with van der Waals surface area (Å²) in [5, 5.41) is 21.4. The Labute approximate surface area is 149 Å². The largest absolute Gasteiger partial charge is 0.506 e. The summed E-state index contributed by atoms with van der Waals surface area (Å²) in [7, 11) is 2.99. The third-order valence-corrected chi connectivity index (χ3v) is 3.59. The molecule has 0 unspecified atom stereocenters. The number of hydrogen-bond donors (Lipinski definition) is 2. The first-order valence-corrected chi connectivity index (χ1v) is 7.50. The van der Waals surface area contributed by atoms with Crippen molar-refractivity contribution in [2.75, 3.05) is 19.5 Å². The molecule has 0 saturated heterocycles. The molecular formula is C18H15ClN2O4. The minimum atomic E-state index is -0.584. The van der Waals surface area contributed by atoms with Crippen LogP contribution in [0.1, 0.15) is 5.56 Å². The molecule has 128 valence electrons. The molecule has 0 fully saturated rings. The molecule has 0 aliphatic carbocycles. The van der Waals surface area contributed by atoms with Crippen molar-refractivity contribution < 1.29 is 19.4 Å². The number of ether oxygens (including phenoxy) is 2. The number of anilines is 1. The Kier molecular flexibility index (Phi) is 5.88. The number of nitrogens with one attached hydrogen (secondary N) is 1. The SMILES string of the molecule is COc1ccc(NC(=O)/C(C#N)=C\c2ccc(O)c(Cl)c2)cc1OC. The van der Waals surface area contributed by atoms with Crippen LogP contribution < -0.4 is 14.8 Å². The predicted molar refractivity (Wildman–Crippen MR) is 94.9 cm³/mol. The number of halogens is 1. The van der Waals surface area contributed by atoms with Gasteiger partial charge in [-0.15, -0.1) is 0 Å². The van der Waals surface area contributed by atoms with E-state index in [1.54, 1.807) is 24.3 Å². The summed E-state index contributed by atoms with van der Waals surface area (Å²) in [6, 6.07) is 11.1. The van der Waals surface area contributed by atoms with Crippen molar-refractivity contribution in [1.82, 2.24) is 0 Å². The molecule has 0 saturated carbocycles. The van der Waals surface area contributed by atoms with Crippen molar-refractivity contribution in [2.24, 2.45) is 0 Å². The Bertz CT molecular complexity index is 872. The minimum absolute atomic E-state index is 0.0768. The average molecular weight is 359 g/mol. The molecule has 0 aromatic heterocycles. The van der Waals surface area contributed by atoms with Gasteiger partial charge in [-0.1, -0.05) is 17.7 Å². The Morgan fingerprint density at radius 3 is 2.52 bits per heavy atom. The number of hydrogen-bond acceptors (Lipinski definition) is 5. The zero-order valence-electron chi connectivity index (χ0n) is 13.5. The Morgan fingerprint density at radius 2 is 1.92 bits per heavy atom. The average Bonchev–Trinajstić information content (AvgIpc) is 2.62. The van der Waals surface area contributed by atoms with E-state index in [4.69, 9.17) is 21.1 Å². The van der Waals surface area contributed by atoms with Gasteiger partial charge in [-0.3, -0.25) is 4.79 Å². The summed E-state index contributed by atoms with van der Waals surface area (Å²) < 4.78 is 10.3. The maximum Gasteiger partial charge on any atom is 0.266 e. The molecule has 2 aromatic rings. The second-order valence-corrected chi connectivity index (χ2v) is 5.31. The third kappa shape index (κ3) is 4.43. The van der Waals surface area contributed by atoms with Crippen molar-refractivity contribution in [3.05, 3.63) is 52.6 Å². The summed E-state index contributed by atoms with van der Waals surface area (Å²) in [5.74, 6) is 0.314. The smallest absolute Gasteiger partial charge is 0.266 e. The zero-order valence-corrected chi connectivity index (χ0v) is 14.3. The number of nitrogens with zero attached hydrogens (tertiary/aromatic N) is 1. The van der Waals surface area contributed by atoms with E-state index in [0.29, 0.717) is 22.7 Å². The number of benzene rings is 2. The molecule has 0 radical (unpaired) electrons. The molecule has 0 heterocycles. The van der Waals surface area contributed by atoms with E-state index in [2.05, 4.69) is 5.32 Å². The summed E-state index contributed by atoms with van der Waals surface area (Å²) >= 11 is 5.82. The minimum Gasteiger partial charge on any atom is -0.506 e. The monoisotopic (exact) mass is 358 g/mol. The zero-order chi connectivity index (χ0) is 18.4. The van der Waals surface area contributed by atoms with Gasteiger partial charge in [0, 0.05) is 11.8 Å². The highest BCUT2D eigenvalue weighted by molar-refractivity contribution is 6.32. The lowest BCUT2D eigenvalue weighted by Gasteiger charge is -2.10. The van der Waals surface area contributed by atoms with Crippen molar-refractivity contribution in [2.45, 2.75) is 0 Å². The van der Waals surface area contributed by atoms with E-state index in [9.17, 15) is 15.2 Å². The number of aromatic hydroxyl groups is 1. The van der Waals surface area contributed by atoms with Gasteiger partial charge in [0.15, 0.2) is 11.5 Å². The molecule has 0 bridgehead atoms. The molecule has 0 aliphatic rings. The number of phenolic OH excluding ortho intramolecular Hbond substituents is 1. The van der Waals surface area contributed by atoms with E-state index in [-0.39, 0.29) is 16.3 Å². The van der Waals surface area contributed by atoms with E-state index in [0.717, 1.165) is 0 Å². The summed E-state index contributed by atoms with van der Waals surface area (Å²) in [4.78, 5) is 12.3. The molecule has 2 rings (SSSR count). The maximum absolute atomic E-state index is 12.3. The predicted octanol–water partition coefficient (Wildman–Crippen LogP) is 3.61. The number of rotatable bonds is 5. The quantitative estimate of drug-likeness (QED) is 0.629. The van der Waals surface area contributed by atoms with E-state index in [1.807, 2.05) is 6.07 Å². The first-order valence-electron chi connectivity index (χ1n) is 7.12. The number of carbonyl (C=O) groups excluding carboxylic acids is 1. The highest BCUT2D eigenvalue weighted by Gasteiger charge is 2.12. The molecular weight excluding hydrogens is 344 g/mol. The Morgan fingerprint density at radius 1 is 1.20 bits per heavy atom. The fourth-order valence-corrected chi connectivity index (χ4v) is 2.23. The Balaban J connectivity index is 2.24. The molecule has 2 aromatic carbocycles. The van der Waals surface area contributed by atoms with E-state index < -0.39 is 5.91 Å². The number of nitriles is 1. The van der Waals surface area contributed by atoms with Gasteiger partial charge in [0.25, 0.3) is 5.91 Å². The van der Waals surface area contributed by atoms with Crippen LogP contribution in [0.4, 0.5) is 5.69 Å². The lowest BCUT2D eigenvalue weighted by Crippen LogP contribution is -2.13. The normalized spacial score (nSPS) is 10.7. The maximum atomic E-state index is 12.3. The van der Waals surface area contributed by atoms with Crippen molar-refractivity contribution >= 4 is 29.3 Å². The van der Waals surface area contributed by atoms with Crippen LogP contribution in [0.25, 0.3) is 6.08 Å². The van der Waals surface area contributed by atoms with Crippen LogP contribution in [0.15, 0.2) is 42.0 Å². The van der Waals surface area contributed by atoms with Gasteiger partial charge in [-0.05, 0) is 35.9 Å². The van der Waals surface area contributed by atoms with Crippen LogP contribution in [0, 0.1) is 11.3 Å². The molecule has 2 N–H and O–H groups in total. The number of carbonyl (C=O) groups is 1. The van der Waals surface area contributed by atoms with Crippen molar-refractivity contribution in [3.63, 3.8) is 0 Å². The molecule has 1 amide bonds. The first-order chi connectivity index (χ1) is 12.0. The second-order valence-electron chi connectivity index (χ2n) is 4.90. The fraction of sp³-hybridized carbons (Fsp3) is 0.111. The highest BCUT2D eigenvalue weighted by atomic mass is 35.5. The molecule has 7 heteroatoms. The van der Waals surface area contributed by atoms with Gasteiger partial charge in [-0.2, -0.15) is 5.26 Å². The van der Waals surface area contributed by atoms with Crippen molar-refractivity contribution in [1.29, 1.82) is 5.26 Å². The topological polar surface area (TPSA) is 91.6 Å². The second kappa shape index (κ2) is 8.08. The summed E-state index contributed by atoms with van der Waals surface area (Å²) in [6.07, 6.45) is 1.38. The van der Waals surface area contributed by atoms with Crippen LogP contribution in [-0.2, 0) is 4.79 Å². The molecule has 0 atom stereocenters. The molecule has 0 spiro atoms. The first kappa shape index (κ1) is 18.2. The van der Waals surface area contributed by atoms with Crippen LogP contribution >= 0.6 is 11.6 Å². The summed E-state index contributed by atoms with van der Waals surface area (Å²) in [6.45, 7) is 0. The number of methoxy groups -OCH3 is 2. The standard InChI is InChI=1S/C18H15ClN2O4/c1-24-16-6-4-13(9-17(16)25-2)21-18(23)12(10-20)7-11-3-5-15(22)14(19)8-11/h3-9,22H,1-2H3,(H,21,23)/b12-7-. The number of amides is 1. The summed E-state index contributed by atoms with van der Waals surface area (Å²) in [5.41, 5.74) is 0.853. The van der Waals surface area contributed by atoms with Gasteiger partial charge in [-0.25, -0.2) is 0 Å². The number of phenols is 1. The Hall–Kier alpha value is -3.17. The third-order valence-electron chi connectivity index (χ3n) is 3.29. The van der Waals surface area contributed by atoms with Crippen LogP contribution in [0.5, 0.6) is 17.2 Å². The fourth-order valence-electron chi connectivity index (χ4n) is 2.04. The van der Waals surface area contributed by atoms with Gasteiger partial charge in [0.1, 0.15) is 17.4 Å². The molecule has 6 nitrogen and oxygen atoms in total. The lowest BCUT2D eigenvalue weighted by molar-refractivity contribution is -0.112. The van der Waals surface area contributed by atoms with E-state index in [1.165, 1.54) is 32.4 Å². The lowest BCUT2D eigenvalue weighted by atomic mass is 10.1. The van der Waals surface area contributed by atoms with Gasteiger partial charge in [0.05, 0.1) is 19.2 Å². The molecule has 25 heavy (non-hydrogen) atoms. The van der Waals surface area contributed by atoms with Gasteiger partial charge < -0.3 is 19.9 Å².